The number of hydrogen-bond acceptors (Lipinski definition) is 5. The van der Waals surface area contributed by atoms with Crippen molar-refractivity contribution in [1.82, 2.24) is 9.62 Å². The van der Waals surface area contributed by atoms with Crippen LogP contribution in [0.5, 0.6) is 0 Å². The highest BCUT2D eigenvalue weighted by Crippen LogP contribution is 2.33. The van der Waals surface area contributed by atoms with E-state index in [4.69, 9.17) is 0 Å². The maximum absolute atomic E-state index is 12.5. The van der Waals surface area contributed by atoms with Gasteiger partial charge in [0.1, 0.15) is 10.9 Å². The largest absolute Gasteiger partial charge is 0.295 e. The van der Waals surface area contributed by atoms with Gasteiger partial charge in [0.05, 0.1) is 5.57 Å². The minimum Gasteiger partial charge on any atom is -0.295 e. The minimum absolute atomic E-state index is 0.0158. The number of carbonyl (C=O) groups is 3. The number of allylic oxidation sites excluding steroid dienone is 2. The van der Waals surface area contributed by atoms with E-state index in [2.05, 4.69) is 6.58 Å². The number of rotatable bonds is 3. The summed E-state index contributed by atoms with van der Waals surface area (Å²) in [7, 11) is -4.12. The fourth-order valence-corrected chi connectivity index (χ4v) is 4.13. The molecule has 25 heavy (non-hydrogen) atoms. The molecule has 2 heterocycles. The summed E-state index contributed by atoms with van der Waals surface area (Å²) in [4.78, 5) is 35.1. The average Bonchev–Trinajstić information content (AvgIpc) is 2.78. The van der Waals surface area contributed by atoms with Crippen LogP contribution in [0, 0.1) is 0 Å². The third-order valence-electron chi connectivity index (χ3n) is 3.25. The van der Waals surface area contributed by atoms with Crippen molar-refractivity contribution in [3.8, 4) is 0 Å². The SMILES string of the molecule is C=CC1=C(/C=C\C)S(=O)(=O)N(C2CCC(=O)NC2=O)C1=O.CC.CC. The van der Waals surface area contributed by atoms with Gasteiger partial charge in [0.15, 0.2) is 0 Å². The van der Waals surface area contributed by atoms with Gasteiger partial charge < -0.3 is 0 Å². The van der Waals surface area contributed by atoms with E-state index in [0.29, 0.717) is 4.31 Å². The molecule has 1 N–H and O–H groups in total. The zero-order valence-electron chi connectivity index (χ0n) is 15.3. The van der Waals surface area contributed by atoms with Crippen LogP contribution in [0.4, 0.5) is 0 Å². The second kappa shape index (κ2) is 9.93. The number of carbonyl (C=O) groups excluding carboxylic acids is 3. The summed E-state index contributed by atoms with van der Waals surface area (Å²) in [5.74, 6) is -2.06. The van der Waals surface area contributed by atoms with Gasteiger partial charge >= 0.3 is 0 Å². The van der Waals surface area contributed by atoms with Crippen LogP contribution >= 0.6 is 0 Å². The van der Waals surface area contributed by atoms with Crippen molar-refractivity contribution in [2.75, 3.05) is 0 Å². The van der Waals surface area contributed by atoms with Gasteiger partial charge in [0.2, 0.25) is 5.91 Å². The maximum Gasteiger partial charge on any atom is 0.269 e. The molecular formula is C17H26N2O5S. The molecule has 0 aromatic rings. The summed E-state index contributed by atoms with van der Waals surface area (Å²) in [6.07, 6.45) is 3.89. The summed E-state index contributed by atoms with van der Waals surface area (Å²) in [6, 6.07) is -1.21. The van der Waals surface area contributed by atoms with Gasteiger partial charge in [-0.25, -0.2) is 12.7 Å². The summed E-state index contributed by atoms with van der Waals surface area (Å²) in [5.41, 5.74) is -0.0715. The second-order valence-corrected chi connectivity index (χ2v) is 6.34. The van der Waals surface area contributed by atoms with Crippen molar-refractivity contribution < 1.29 is 22.8 Å². The molecule has 140 valence electrons. The number of hydrogen-bond donors (Lipinski definition) is 1. The van der Waals surface area contributed by atoms with Crippen molar-refractivity contribution >= 4 is 27.7 Å². The van der Waals surface area contributed by atoms with Gasteiger partial charge in [0.25, 0.3) is 21.8 Å². The summed E-state index contributed by atoms with van der Waals surface area (Å²) < 4.78 is 25.5. The summed E-state index contributed by atoms with van der Waals surface area (Å²) in [6.45, 7) is 13.1. The van der Waals surface area contributed by atoms with Crippen molar-refractivity contribution in [3.05, 3.63) is 35.3 Å². The van der Waals surface area contributed by atoms with Crippen molar-refractivity contribution in [3.63, 3.8) is 0 Å². The molecule has 0 bridgehead atoms. The molecule has 0 saturated carbocycles. The van der Waals surface area contributed by atoms with Crippen LogP contribution in [-0.4, -0.2) is 36.5 Å². The zero-order chi connectivity index (χ0) is 19.8. The van der Waals surface area contributed by atoms with Crippen LogP contribution < -0.4 is 5.32 Å². The van der Waals surface area contributed by atoms with Crippen molar-refractivity contribution in [2.24, 2.45) is 0 Å². The van der Waals surface area contributed by atoms with Crippen LogP contribution in [-0.2, 0) is 24.4 Å². The van der Waals surface area contributed by atoms with Crippen LogP contribution in [0.2, 0.25) is 0 Å². The number of imide groups is 1. The van der Waals surface area contributed by atoms with E-state index in [0.717, 1.165) is 6.08 Å². The Balaban J connectivity index is 0.00000134. The van der Waals surface area contributed by atoms with Gasteiger partial charge in [-0.05, 0) is 19.4 Å². The predicted molar refractivity (Wildman–Crippen MR) is 96.7 cm³/mol. The molecule has 0 aromatic carbocycles. The number of amides is 3. The third-order valence-corrected chi connectivity index (χ3v) is 5.10. The first-order chi connectivity index (χ1) is 11.8. The normalized spacial score (nSPS) is 22.0. The smallest absolute Gasteiger partial charge is 0.269 e. The first-order valence-electron chi connectivity index (χ1n) is 8.26. The Morgan fingerprint density at radius 3 is 2.16 bits per heavy atom. The number of piperidine rings is 1. The molecule has 1 fully saturated rings. The first kappa shape index (κ1) is 22.8. The zero-order valence-corrected chi connectivity index (χ0v) is 16.1. The Bertz CT molecular complexity index is 705. The molecule has 1 saturated heterocycles. The molecule has 0 spiro atoms. The number of nitrogens with zero attached hydrogens (tertiary/aromatic N) is 1. The molecular weight excluding hydrogens is 344 g/mol. The first-order valence-corrected chi connectivity index (χ1v) is 9.70. The van der Waals surface area contributed by atoms with E-state index in [9.17, 15) is 22.8 Å². The lowest BCUT2D eigenvalue weighted by Gasteiger charge is -2.28. The topological polar surface area (TPSA) is 101 Å². The Labute approximate surface area is 149 Å². The Morgan fingerprint density at radius 2 is 1.72 bits per heavy atom. The van der Waals surface area contributed by atoms with Gasteiger partial charge in [-0.1, -0.05) is 46.4 Å². The van der Waals surface area contributed by atoms with Crippen LogP contribution in [0.25, 0.3) is 0 Å². The Kier molecular flexibility index (Phi) is 9.05. The minimum atomic E-state index is -4.12. The molecule has 2 aliphatic rings. The number of nitrogens with one attached hydrogen (secondary N) is 1. The van der Waals surface area contributed by atoms with Crippen LogP contribution in [0.3, 0.4) is 0 Å². The summed E-state index contributed by atoms with van der Waals surface area (Å²) in [5, 5.41) is 2.05. The average molecular weight is 370 g/mol. The van der Waals surface area contributed by atoms with E-state index in [1.807, 2.05) is 33.0 Å². The van der Waals surface area contributed by atoms with E-state index in [-0.39, 0.29) is 23.3 Å². The quantitative estimate of drug-likeness (QED) is 0.766. The lowest BCUT2D eigenvalue weighted by molar-refractivity contribution is -0.140. The van der Waals surface area contributed by atoms with E-state index < -0.39 is 33.8 Å². The van der Waals surface area contributed by atoms with Gasteiger partial charge in [-0.15, -0.1) is 0 Å². The van der Waals surface area contributed by atoms with Crippen LogP contribution in [0.1, 0.15) is 47.5 Å². The van der Waals surface area contributed by atoms with E-state index >= 15 is 0 Å². The lowest BCUT2D eigenvalue weighted by atomic mass is 10.1. The monoisotopic (exact) mass is 370 g/mol. The van der Waals surface area contributed by atoms with Crippen LogP contribution in [0.15, 0.2) is 35.3 Å². The molecule has 8 heteroatoms. The number of sulfonamides is 1. The predicted octanol–water partition coefficient (Wildman–Crippen LogP) is 2.03. The van der Waals surface area contributed by atoms with Gasteiger partial charge in [-0.3, -0.25) is 19.7 Å². The maximum atomic E-state index is 12.5. The van der Waals surface area contributed by atoms with Gasteiger partial charge in [0, 0.05) is 6.42 Å². The highest BCUT2D eigenvalue weighted by molar-refractivity contribution is 7.94. The van der Waals surface area contributed by atoms with E-state index in [1.165, 1.54) is 12.2 Å². The Morgan fingerprint density at radius 1 is 1.16 bits per heavy atom. The molecule has 1 unspecified atom stereocenters. The second-order valence-electron chi connectivity index (χ2n) is 4.55. The molecule has 7 nitrogen and oxygen atoms in total. The molecule has 1 atom stereocenters. The third kappa shape index (κ3) is 4.45. The molecule has 3 amide bonds. The summed E-state index contributed by atoms with van der Waals surface area (Å²) >= 11 is 0. The molecule has 2 rings (SSSR count). The fraction of sp³-hybridized carbons (Fsp3) is 0.471. The highest BCUT2D eigenvalue weighted by atomic mass is 32.2. The Hall–Kier alpha value is -2.22. The van der Waals surface area contributed by atoms with E-state index in [1.54, 1.807) is 6.92 Å². The highest BCUT2D eigenvalue weighted by Gasteiger charge is 2.48. The molecule has 0 aliphatic carbocycles. The molecule has 0 aromatic heterocycles. The molecule has 0 radical (unpaired) electrons. The van der Waals surface area contributed by atoms with Crippen molar-refractivity contribution in [2.45, 2.75) is 53.5 Å². The standard InChI is InChI=1S/C13H14N2O5S.2C2H6/c1-3-5-10-8(4-2)13(18)15(21(10,19)20)9-6-7-11(16)14-12(9)17;2*1-2/h3-5,9H,2,6-7H2,1H3,(H,14,16,17);2*1-2H3/b5-3-;;. The lowest BCUT2D eigenvalue weighted by Crippen LogP contribution is -2.54. The van der Waals surface area contributed by atoms with Crippen molar-refractivity contribution in [1.29, 1.82) is 0 Å². The molecule has 2 aliphatic heterocycles. The van der Waals surface area contributed by atoms with Gasteiger partial charge in [-0.2, -0.15) is 0 Å². The fourth-order valence-electron chi connectivity index (χ4n) is 2.31.